The second kappa shape index (κ2) is 11.8. The van der Waals surface area contributed by atoms with E-state index < -0.39 is 11.8 Å². The summed E-state index contributed by atoms with van der Waals surface area (Å²) in [7, 11) is 5.77. The topological polar surface area (TPSA) is 119 Å². The first kappa shape index (κ1) is 27.5. The molecule has 2 aromatic carbocycles. The van der Waals surface area contributed by atoms with Crippen molar-refractivity contribution in [2.75, 3.05) is 33.8 Å². The summed E-state index contributed by atoms with van der Waals surface area (Å²) in [5, 5.41) is 14.0. The van der Waals surface area contributed by atoms with Crippen molar-refractivity contribution < 1.29 is 33.6 Å². The maximum Gasteiger partial charge on any atom is 0.285 e. The molecule has 1 aliphatic rings. The fraction of sp³-hybridized carbons (Fsp3) is 0.182. The number of halogens is 1. The maximum atomic E-state index is 12.9. The van der Waals surface area contributed by atoms with Gasteiger partial charge in [-0.3, -0.25) is 15.0 Å². The normalized spacial score (nSPS) is 14.0. The SMILES string of the molecule is COc1cc(Br)cc(/C=C2/SC(=S)N(NC(=S)C(=O)Nc3cc(OC)c(OC)c(OC)c3)C2=O)c1O. The van der Waals surface area contributed by atoms with Crippen LogP contribution in [-0.2, 0) is 9.59 Å². The van der Waals surface area contributed by atoms with Gasteiger partial charge in [0.2, 0.25) is 5.75 Å². The van der Waals surface area contributed by atoms with Gasteiger partial charge in [0.15, 0.2) is 32.3 Å². The molecule has 2 aromatic rings. The third-order valence-electron chi connectivity index (χ3n) is 4.71. The maximum absolute atomic E-state index is 12.9. The molecule has 3 rings (SSSR count). The number of carbonyl (C=O) groups excluding carboxylic acids is 2. The minimum absolute atomic E-state index is 0.121. The van der Waals surface area contributed by atoms with Crippen LogP contribution in [0.4, 0.5) is 5.69 Å². The number of ether oxygens (including phenoxy) is 4. The first-order valence-corrected chi connectivity index (χ1v) is 12.3. The number of thioether (sulfide) groups is 1. The lowest BCUT2D eigenvalue weighted by atomic mass is 10.1. The van der Waals surface area contributed by atoms with Gasteiger partial charge in [-0.25, -0.2) is 0 Å². The van der Waals surface area contributed by atoms with Gasteiger partial charge in [-0.2, -0.15) is 5.01 Å². The van der Waals surface area contributed by atoms with Crippen molar-refractivity contribution in [2.45, 2.75) is 0 Å². The number of nitrogens with zero attached hydrogens (tertiary/aromatic N) is 1. The van der Waals surface area contributed by atoms with Gasteiger partial charge in [0.05, 0.1) is 33.3 Å². The number of benzene rings is 2. The Morgan fingerprint density at radius 3 is 2.22 bits per heavy atom. The van der Waals surface area contributed by atoms with Crippen LogP contribution in [0.25, 0.3) is 6.08 Å². The highest BCUT2D eigenvalue weighted by atomic mass is 79.9. The molecule has 2 amide bonds. The molecule has 0 radical (unpaired) electrons. The van der Waals surface area contributed by atoms with Crippen molar-refractivity contribution in [3.05, 3.63) is 39.2 Å². The summed E-state index contributed by atoms with van der Waals surface area (Å²) in [6, 6.07) is 6.27. The van der Waals surface area contributed by atoms with Gasteiger partial charge in [-0.1, -0.05) is 39.9 Å². The van der Waals surface area contributed by atoms with E-state index in [-0.39, 0.29) is 25.7 Å². The number of aromatic hydroxyl groups is 1. The van der Waals surface area contributed by atoms with Gasteiger partial charge in [0.25, 0.3) is 11.8 Å². The molecule has 1 heterocycles. The van der Waals surface area contributed by atoms with E-state index in [0.717, 1.165) is 16.8 Å². The van der Waals surface area contributed by atoms with Crippen molar-refractivity contribution in [3.63, 3.8) is 0 Å². The number of methoxy groups -OCH3 is 4. The fourth-order valence-electron chi connectivity index (χ4n) is 3.06. The summed E-state index contributed by atoms with van der Waals surface area (Å²) >= 11 is 14.8. The molecule has 14 heteroatoms. The number of rotatable bonds is 7. The standard InChI is InChI=1S/C22H20BrN3O7S3/c1-30-13-7-11(23)5-10(17(13)27)6-16-21(29)26(22(35)36-16)25-20(34)19(28)24-12-8-14(31-2)18(33-4)15(9-12)32-3/h5-9,27H,1-4H3,(H,24,28)(H,25,34)/b16-6+. The van der Waals surface area contributed by atoms with Gasteiger partial charge < -0.3 is 29.4 Å². The number of anilines is 1. The lowest BCUT2D eigenvalue weighted by Gasteiger charge is -2.18. The molecule has 1 saturated heterocycles. The average Bonchev–Trinajstić information content (AvgIpc) is 3.12. The van der Waals surface area contributed by atoms with E-state index in [4.69, 9.17) is 43.4 Å². The Morgan fingerprint density at radius 2 is 1.67 bits per heavy atom. The van der Waals surface area contributed by atoms with Gasteiger partial charge >= 0.3 is 0 Å². The highest BCUT2D eigenvalue weighted by Gasteiger charge is 2.34. The number of hydrazine groups is 1. The van der Waals surface area contributed by atoms with Gasteiger partial charge in [-0.15, -0.1) is 0 Å². The monoisotopic (exact) mass is 613 g/mol. The highest BCUT2D eigenvalue weighted by molar-refractivity contribution is 9.10. The second-order valence-electron chi connectivity index (χ2n) is 6.87. The highest BCUT2D eigenvalue weighted by Crippen LogP contribution is 2.40. The molecular weight excluding hydrogens is 594 g/mol. The summed E-state index contributed by atoms with van der Waals surface area (Å²) in [5.41, 5.74) is 3.22. The van der Waals surface area contributed by atoms with E-state index >= 15 is 0 Å². The van der Waals surface area contributed by atoms with Crippen LogP contribution in [0.15, 0.2) is 33.6 Å². The first-order valence-electron chi connectivity index (χ1n) is 9.89. The van der Waals surface area contributed by atoms with E-state index in [1.165, 1.54) is 46.6 Å². The third kappa shape index (κ3) is 5.83. The molecular formula is C22H20BrN3O7S3. The smallest absolute Gasteiger partial charge is 0.285 e. The zero-order valence-corrected chi connectivity index (χ0v) is 23.4. The molecule has 0 aromatic heterocycles. The summed E-state index contributed by atoms with van der Waals surface area (Å²) < 4.78 is 21.7. The molecule has 1 aliphatic heterocycles. The quantitative estimate of drug-likeness (QED) is 0.312. The number of thiocarbonyl (C=S) groups is 2. The van der Waals surface area contributed by atoms with Crippen LogP contribution in [-0.4, -0.2) is 59.7 Å². The zero-order valence-electron chi connectivity index (χ0n) is 19.3. The fourth-order valence-corrected chi connectivity index (χ4v) is 4.83. The van der Waals surface area contributed by atoms with Crippen molar-refractivity contribution >= 4 is 85.0 Å². The van der Waals surface area contributed by atoms with Gasteiger partial charge in [0.1, 0.15) is 0 Å². The molecule has 0 bridgehead atoms. The molecule has 1 fully saturated rings. The van der Waals surface area contributed by atoms with Crippen molar-refractivity contribution in [1.29, 1.82) is 0 Å². The van der Waals surface area contributed by atoms with Crippen molar-refractivity contribution in [3.8, 4) is 28.7 Å². The third-order valence-corrected chi connectivity index (χ3v) is 6.75. The number of nitrogens with one attached hydrogen (secondary N) is 2. The molecule has 190 valence electrons. The van der Waals surface area contributed by atoms with E-state index in [0.29, 0.717) is 33.0 Å². The number of amides is 2. The Kier molecular flexibility index (Phi) is 9.00. The molecule has 0 spiro atoms. The van der Waals surface area contributed by atoms with Crippen LogP contribution >= 0.6 is 52.1 Å². The second-order valence-corrected chi connectivity index (χ2v) is 9.87. The summed E-state index contributed by atoms with van der Waals surface area (Å²) in [4.78, 5) is 25.6. The number of phenols is 1. The lowest BCUT2D eigenvalue weighted by molar-refractivity contribution is -0.123. The lowest BCUT2D eigenvalue weighted by Crippen LogP contribution is -2.48. The summed E-state index contributed by atoms with van der Waals surface area (Å²) in [5.74, 6) is -0.135. The minimum atomic E-state index is -0.702. The Hall–Kier alpha value is -3.07. The predicted octanol–water partition coefficient (Wildman–Crippen LogP) is 3.86. The number of phenolic OH excluding ortho intramolecular Hbond substituents is 1. The Morgan fingerprint density at radius 1 is 1.06 bits per heavy atom. The number of carbonyl (C=O) groups is 2. The summed E-state index contributed by atoms with van der Waals surface area (Å²) in [6.45, 7) is 0. The molecule has 10 nitrogen and oxygen atoms in total. The van der Waals surface area contributed by atoms with Crippen molar-refractivity contribution in [2.24, 2.45) is 0 Å². The minimum Gasteiger partial charge on any atom is -0.504 e. The Balaban J connectivity index is 1.76. The largest absolute Gasteiger partial charge is 0.504 e. The van der Waals surface area contributed by atoms with Gasteiger partial charge in [0, 0.05) is 27.9 Å². The van der Waals surface area contributed by atoms with Crippen molar-refractivity contribution in [1.82, 2.24) is 10.4 Å². The predicted molar refractivity (Wildman–Crippen MR) is 148 cm³/mol. The molecule has 0 aliphatic carbocycles. The first-order chi connectivity index (χ1) is 17.1. The van der Waals surface area contributed by atoms with Crippen LogP contribution in [0.3, 0.4) is 0 Å². The van der Waals surface area contributed by atoms with Crippen LogP contribution in [0.2, 0.25) is 0 Å². The van der Waals surface area contributed by atoms with E-state index in [1.807, 2.05) is 0 Å². The van der Waals surface area contributed by atoms with Crippen LogP contribution < -0.4 is 29.7 Å². The van der Waals surface area contributed by atoms with E-state index in [2.05, 4.69) is 26.7 Å². The molecule has 36 heavy (non-hydrogen) atoms. The average molecular weight is 615 g/mol. The molecule has 0 unspecified atom stereocenters. The van der Waals surface area contributed by atoms with Crippen LogP contribution in [0.1, 0.15) is 5.56 Å². The van der Waals surface area contributed by atoms with Gasteiger partial charge in [-0.05, 0) is 30.4 Å². The van der Waals surface area contributed by atoms with E-state index in [9.17, 15) is 14.7 Å². The van der Waals surface area contributed by atoms with Crippen LogP contribution in [0.5, 0.6) is 28.7 Å². The van der Waals surface area contributed by atoms with Crippen LogP contribution in [0, 0.1) is 0 Å². The number of hydrogen-bond donors (Lipinski definition) is 3. The molecule has 0 atom stereocenters. The zero-order chi connectivity index (χ0) is 26.6. The number of hydrogen-bond acceptors (Lipinski definition) is 10. The summed E-state index contributed by atoms with van der Waals surface area (Å²) in [6.07, 6.45) is 1.46. The Labute approximate surface area is 230 Å². The van der Waals surface area contributed by atoms with E-state index in [1.54, 1.807) is 12.1 Å². The molecule has 3 N–H and O–H groups in total. The Bertz CT molecular complexity index is 1260. The molecule has 0 saturated carbocycles.